The first-order chi connectivity index (χ1) is 10.1. The fourth-order valence-electron chi connectivity index (χ4n) is 3.13. The molecule has 21 heavy (non-hydrogen) atoms. The fraction of sp³-hybridized carbons (Fsp3) is 0.941. The Morgan fingerprint density at radius 1 is 1.14 bits per heavy atom. The Kier molecular flexibility index (Phi) is 6.34. The second kappa shape index (κ2) is 8.02. The first-order valence-corrected chi connectivity index (χ1v) is 8.78. The Labute approximate surface area is 130 Å². The lowest BCUT2D eigenvalue weighted by Crippen LogP contribution is -2.51. The quantitative estimate of drug-likeness (QED) is 0.583. The Balaban J connectivity index is 1.78. The number of nitrogens with one attached hydrogen (secondary N) is 2. The van der Waals surface area contributed by atoms with E-state index in [-0.39, 0.29) is 0 Å². The van der Waals surface area contributed by atoms with Crippen LogP contribution in [-0.4, -0.2) is 50.1 Å². The molecule has 2 N–H and O–H groups in total. The number of likely N-dealkylation sites (tertiary alicyclic amines) is 1. The van der Waals surface area contributed by atoms with Crippen LogP contribution in [0.5, 0.6) is 0 Å². The van der Waals surface area contributed by atoms with Crippen LogP contribution in [0.25, 0.3) is 0 Å². The number of aliphatic imine (C=N–C) groups is 1. The topological polar surface area (TPSA) is 39.7 Å². The number of hydrogen-bond acceptors (Lipinski definition) is 2. The molecule has 0 aromatic rings. The summed E-state index contributed by atoms with van der Waals surface area (Å²) in [6.45, 7) is 11.6. The molecule has 1 atom stereocenters. The van der Waals surface area contributed by atoms with Gasteiger partial charge >= 0.3 is 0 Å². The predicted molar refractivity (Wildman–Crippen MR) is 90.7 cm³/mol. The Morgan fingerprint density at radius 2 is 1.81 bits per heavy atom. The summed E-state index contributed by atoms with van der Waals surface area (Å²) in [6.07, 6.45) is 5.45. The van der Waals surface area contributed by atoms with E-state index >= 15 is 0 Å². The van der Waals surface area contributed by atoms with Crippen molar-refractivity contribution in [1.82, 2.24) is 15.5 Å². The molecular weight excluding hydrogens is 260 g/mol. The normalized spacial score (nSPS) is 23.4. The van der Waals surface area contributed by atoms with Crippen LogP contribution in [0.2, 0.25) is 0 Å². The minimum Gasteiger partial charge on any atom is -0.356 e. The largest absolute Gasteiger partial charge is 0.356 e. The molecule has 0 spiro atoms. The number of rotatable bonds is 6. The van der Waals surface area contributed by atoms with Crippen molar-refractivity contribution in [2.24, 2.45) is 22.7 Å². The van der Waals surface area contributed by atoms with E-state index in [1.807, 2.05) is 7.05 Å². The van der Waals surface area contributed by atoms with Crippen LogP contribution < -0.4 is 10.6 Å². The highest BCUT2D eigenvalue weighted by atomic mass is 15.2. The third kappa shape index (κ3) is 5.50. The molecule has 1 heterocycles. The van der Waals surface area contributed by atoms with Crippen LogP contribution in [0.3, 0.4) is 0 Å². The van der Waals surface area contributed by atoms with Crippen LogP contribution in [0, 0.1) is 17.8 Å². The molecule has 0 bridgehead atoms. The van der Waals surface area contributed by atoms with E-state index in [1.165, 1.54) is 38.8 Å². The lowest BCUT2D eigenvalue weighted by Gasteiger charge is -2.39. The van der Waals surface area contributed by atoms with E-state index in [0.717, 1.165) is 30.9 Å². The highest BCUT2D eigenvalue weighted by Gasteiger charge is 2.26. The zero-order valence-corrected chi connectivity index (χ0v) is 14.4. The third-order valence-electron chi connectivity index (χ3n) is 5.01. The van der Waals surface area contributed by atoms with Crippen molar-refractivity contribution in [3.63, 3.8) is 0 Å². The van der Waals surface area contributed by atoms with E-state index in [2.05, 4.69) is 41.3 Å². The molecule has 4 nitrogen and oxygen atoms in total. The molecule has 122 valence electrons. The molecule has 2 fully saturated rings. The summed E-state index contributed by atoms with van der Waals surface area (Å²) in [5.74, 6) is 3.42. The third-order valence-corrected chi connectivity index (χ3v) is 5.01. The van der Waals surface area contributed by atoms with E-state index < -0.39 is 0 Å². The maximum atomic E-state index is 4.35. The van der Waals surface area contributed by atoms with E-state index in [0.29, 0.717) is 12.0 Å². The number of guanidine groups is 1. The molecule has 4 heteroatoms. The number of hydrogen-bond donors (Lipinski definition) is 2. The molecule has 1 unspecified atom stereocenters. The minimum atomic E-state index is 0.608. The maximum Gasteiger partial charge on any atom is 0.191 e. The summed E-state index contributed by atoms with van der Waals surface area (Å²) >= 11 is 0. The number of nitrogens with zero attached hydrogens (tertiary/aromatic N) is 2. The van der Waals surface area contributed by atoms with Crippen molar-refractivity contribution in [2.45, 2.75) is 52.5 Å². The predicted octanol–water partition coefficient (Wildman–Crippen LogP) is 2.32. The first-order valence-electron chi connectivity index (χ1n) is 8.78. The average molecular weight is 294 g/mol. The van der Waals surface area contributed by atoms with Gasteiger partial charge in [-0.25, -0.2) is 0 Å². The van der Waals surface area contributed by atoms with Crippen molar-refractivity contribution < 1.29 is 0 Å². The zero-order chi connectivity index (χ0) is 15.2. The monoisotopic (exact) mass is 294 g/mol. The van der Waals surface area contributed by atoms with Crippen LogP contribution in [0.1, 0.15) is 46.5 Å². The SMILES string of the molecule is CN=C(NCC1CC1)NCC(C(C)C)N1CCC(C)CC1. The van der Waals surface area contributed by atoms with Gasteiger partial charge in [-0.2, -0.15) is 0 Å². The van der Waals surface area contributed by atoms with Crippen LogP contribution in [0.4, 0.5) is 0 Å². The van der Waals surface area contributed by atoms with E-state index in [4.69, 9.17) is 0 Å². The average Bonchev–Trinajstić information content (AvgIpc) is 3.28. The second-order valence-electron chi connectivity index (χ2n) is 7.31. The zero-order valence-electron chi connectivity index (χ0n) is 14.4. The molecule has 1 saturated heterocycles. The molecule has 0 amide bonds. The fourth-order valence-corrected chi connectivity index (χ4v) is 3.13. The standard InChI is InChI=1S/C17H34N4/c1-13(2)16(21-9-7-14(3)8-10-21)12-20-17(18-4)19-11-15-5-6-15/h13-16H,5-12H2,1-4H3,(H2,18,19,20). The van der Waals surface area contributed by atoms with Gasteiger partial charge in [-0.15, -0.1) is 0 Å². The lowest BCUT2D eigenvalue weighted by atomic mass is 9.94. The van der Waals surface area contributed by atoms with E-state index in [9.17, 15) is 0 Å². The van der Waals surface area contributed by atoms with Gasteiger partial charge in [-0.05, 0) is 56.5 Å². The van der Waals surface area contributed by atoms with Gasteiger partial charge in [0, 0.05) is 26.2 Å². The van der Waals surface area contributed by atoms with Crippen molar-refractivity contribution >= 4 is 5.96 Å². The molecule has 1 aliphatic heterocycles. The molecule has 0 aromatic carbocycles. The summed E-state index contributed by atoms with van der Waals surface area (Å²) < 4.78 is 0. The van der Waals surface area contributed by atoms with Gasteiger partial charge in [-0.1, -0.05) is 20.8 Å². The van der Waals surface area contributed by atoms with Gasteiger partial charge in [0.1, 0.15) is 0 Å². The van der Waals surface area contributed by atoms with Gasteiger partial charge in [0.2, 0.25) is 0 Å². The number of piperidine rings is 1. The lowest BCUT2D eigenvalue weighted by molar-refractivity contribution is 0.110. The van der Waals surface area contributed by atoms with Gasteiger partial charge in [0.25, 0.3) is 0 Å². The summed E-state index contributed by atoms with van der Waals surface area (Å²) in [5.41, 5.74) is 0. The van der Waals surface area contributed by atoms with Gasteiger partial charge in [0.15, 0.2) is 5.96 Å². The summed E-state index contributed by atoms with van der Waals surface area (Å²) in [6, 6.07) is 0.608. The molecule has 0 aromatic heterocycles. The highest BCUT2D eigenvalue weighted by molar-refractivity contribution is 5.79. The van der Waals surface area contributed by atoms with Crippen molar-refractivity contribution in [1.29, 1.82) is 0 Å². The van der Waals surface area contributed by atoms with Crippen LogP contribution in [-0.2, 0) is 0 Å². The van der Waals surface area contributed by atoms with Gasteiger partial charge in [-0.3, -0.25) is 9.89 Å². The first kappa shape index (κ1) is 16.6. The van der Waals surface area contributed by atoms with Gasteiger partial charge < -0.3 is 10.6 Å². The second-order valence-corrected chi connectivity index (χ2v) is 7.31. The smallest absolute Gasteiger partial charge is 0.191 e. The summed E-state index contributed by atoms with van der Waals surface area (Å²) in [4.78, 5) is 7.02. The molecular formula is C17H34N4. The molecule has 2 rings (SSSR count). The molecule has 2 aliphatic rings. The molecule has 1 aliphatic carbocycles. The van der Waals surface area contributed by atoms with Crippen LogP contribution in [0.15, 0.2) is 4.99 Å². The van der Waals surface area contributed by atoms with Crippen molar-refractivity contribution in [2.75, 3.05) is 33.2 Å². The molecule has 1 saturated carbocycles. The highest BCUT2D eigenvalue weighted by Crippen LogP contribution is 2.27. The summed E-state index contributed by atoms with van der Waals surface area (Å²) in [7, 11) is 1.87. The van der Waals surface area contributed by atoms with E-state index in [1.54, 1.807) is 0 Å². The Hall–Kier alpha value is -0.770. The maximum absolute atomic E-state index is 4.35. The van der Waals surface area contributed by atoms with Crippen molar-refractivity contribution in [3.05, 3.63) is 0 Å². The molecule has 0 radical (unpaired) electrons. The van der Waals surface area contributed by atoms with Crippen molar-refractivity contribution in [3.8, 4) is 0 Å². The Bertz CT molecular complexity index is 328. The Morgan fingerprint density at radius 3 is 2.33 bits per heavy atom. The van der Waals surface area contributed by atoms with Gasteiger partial charge in [0.05, 0.1) is 0 Å². The minimum absolute atomic E-state index is 0.608. The summed E-state index contributed by atoms with van der Waals surface area (Å²) in [5, 5.41) is 7.00. The van der Waals surface area contributed by atoms with Crippen LogP contribution >= 0.6 is 0 Å².